The van der Waals surface area contributed by atoms with Crippen LogP contribution in [0.25, 0.3) is 0 Å². The van der Waals surface area contributed by atoms with Crippen LogP contribution in [0.4, 0.5) is 0 Å². The van der Waals surface area contributed by atoms with Crippen molar-refractivity contribution in [3.8, 4) is 0 Å². The summed E-state index contributed by atoms with van der Waals surface area (Å²) in [5.74, 6) is 0.324. The SMILES string of the molecule is CC(=O)N1CCN(C(=O)C2(c3ccccc3)CCNCC2)CC1.Cl. The van der Waals surface area contributed by atoms with Crippen molar-refractivity contribution >= 4 is 24.2 Å². The highest BCUT2D eigenvalue weighted by atomic mass is 35.5. The van der Waals surface area contributed by atoms with Crippen molar-refractivity contribution < 1.29 is 9.59 Å². The Morgan fingerprint density at radius 1 is 0.958 bits per heavy atom. The van der Waals surface area contributed by atoms with Gasteiger partial charge in [-0.15, -0.1) is 12.4 Å². The molecule has 2 fully saturated rings. The quantitative estimate of drug-likeness (QED) is 0.876. The van der Waals surface area contributed by atoms with Crippen LogP contribution >= 0.6 is 12.4 Å². The van der Waals surface area contributed by atoms with Gasteiger partial charge < -0.3 is 15.1 Å². The van der Waals surface area contributed by atoms with E-state index in [1.54, 1.807) is 6.92 Å². The molecule has 2 aliphatic rings. The Morgan fingerprint density at radius 2 is 1.50 bits per heavy atom. The molecule has 132 valence electrons. The van der Waals surface area contributed by atoms with Gasteiger partial charge in [-0.3, -0.25) is 9.59 Å². The summed E-state index contributed by atoms with van der Waals surface area (Å²) in [6, 6.07) is 10.2. The van der Waals surface area contributed by atoms with E-state index in [-0.39, 0.29) is 24.2 Å². The van der Waals surface area contributed by atoms with E-state index in [1.807, 2.05) is 28.0 Å². The van der Waals surface area contributed by atoms with Crippen LogP contribution in [-0.4, -0.2) is 60.9 Å². The Morgan fingerprint density at radius 3 is 2.04 bits per heavy atom. The number of benzene rings is 1. The summed E-state index contributed by atoms with van der Waals surface area (Å²) in [7, 11) is 0. The summed E-state index contributed by atoms with van der Waals surface area (Å²) in [5.41, 5.74) is 0.714. The molecule has 1 N–H and O–H groups in total. The van der Waals surface area contributed by atoms with Gasteiger partial charge in [0, 0.05) is 33.1 Å². The normalized spacial score (nSPS) is 20.2. The van der Waals surface area contributed by atoms with E-state index in [0.717, 1.165) is 31.5 Å². The van der Waals surface area contributed by atoms with Crippen LogP contribution in [0, 0.1) is 0 Å². The van der Waals surface area contributed by atoms with Gasteiger partial charge in [-0.1, -0.05) is 30.3 Å². The molecule has 0 spiro atoms. The second kappa shape index (κ2) is 7.99. The Bertz CT molecular complexity index is 565. The number of nitrogens with one attached hydrogen (secondary N) is 1. The van der Waals surface area contributed by atoms with Crippen LogP contribution in [0.1, 0.15) is 25.3 Å². The highest BCUT2D eigenvalue weighted by Gasteiger charge is 2.44. The van der Waals surface area contributed by atoms with Crippen LogP contribution in [0.5, 0.6) is 0 Å². The molecule has 2 amide bonds. The number of nitrogens with zero attached hydrogens (tertiary/aromatic N) is 2. The predicted molar refractivity (Wildman–Crippen MR) is 96.3 cm³/mol. The molecule has 0 bridgehead atoms. The standard InChI is InChI=1S/C18H25N3O2.ClH/c1-15(22)20-11-13-21(14-12-20)17(23)18(7-9-19-10-8-18)16-5-3-2-4-6-16;/h2-6,19H,7-14H2,1H3;1H. The van der Waals surface area contributed by atoms with Crippen LogP contribution in [0.2, 0.25) is 0 Å². The molecule has 24 heavy (non-hydrogen) atoms. The van der Waals surface area contributed by atoms with Crippen molar-refractivity contribution in [2.75, 3.05) is 39.3 Å². The van der Waals surface area contributed by atoms with Gasteiger partial charge >= 0.3 is 0 Å². The molecule has 0 atom stereocenters. The minimum atomic E-state index is -0.412. The molecular weight excluding hydrogens is 326 g/mol. The van der Waals surface area contributed by atoms with Gasteiger partial charge in [0.1, 0.15) is 0 Å². The summed E-state index contributed by atoms with van der Waals surface area (Å²) < 4.78 is 0. The molecule has 1 aromatic carbocycles. The fraction of sp³-hybridized carbons (Fsp3) is 0.556. The summed E-state index contributed by atoms with van der Waals surface area (Å²) in [4.78, 5) is 28.6. The molecule has 2 saturated heterocycles. The molecule has 0 saturated carbocycles. The highest BCUT2D eigenvalue weighted by molar-refractivity contribution is 5.89. The van der Waals surface area contributed by atoms with Crippen LogP contribution in [0.15, 0.2) is 30.3 Å². The Kier molecular flexibility index (Phi) is 6.24. The third-order valence-electron chi connectivity index (χ3n) is 5.21. The Hall–Kier alpha value is -1.59. The number of piperazine rings is 1. The fourth-order valence-electron chi connectivity index (χ4n) is 3.76. The second-order valence-corrected chi connectivity index (χ2v) is 6.50. The molecule has 6 heteroatoms. The Labute approximate surface area is 149 Å². The first-order chi connectivity index (χ1) is 11.1. The maximum absolute atomic E-state index is 13.3. The van der Waals surface area contributed by atoms with Crippen molar-refractivity contribution in [3.05, 3.63) is 35.9 Å². The van der Waals surface area contributed by atoms with Crippen LogP contribution in [0.3, 0.4) is 0 Å². The number of carbonyl (C=O) groups excluding carboxylic acids is 2. The van der Waals surface area contributed by atoms with E-state index in [1.165, 1.54) is 0 Å². The summed E-state index contributed by atoms with van der Waals surface area (Å²) >= 11 is 0. The summed E-state index contributed by atoms with van der Waals surface area (Å²) in [6.45, 7) is 5.90. The van der Waals surface area contributed by atoms with Gasteiger partial charge in [0.25, 0.3) is 0 Å². The number of carbonyl (C=O) groups is 2. The zero-order valence-electron chi connectivity index (χ0n) is 14.2. The molecule has 2 heterocycles. The number of halogens is 1. The maximum Gasteiger partial charge on any atom is 0.233 e. The lowest BCUT2D eigenvalue weighted by Gasteiger charge is -2.43. The van der Waals surface area contributed by atoms with Crippen molar-refractivity contribution in [1.82, 2.24) is 15.1 Å². The lowest BCUT2D eigenvalue weighted by molar-refractivity contribution is -0.143. The molecule has 3 rings (SSSR count). The Balaban J connectivity index is 0.00000208. The van der Waals surface area contributed by atoms with Gasteiger partial charge in [0.05, 0.1) is 5.41 Å². The van der Waals surface area contributed by atoms with Gasteiger partial charge in [-0.25, -0.2) is 0 Å². The minimum Gasteiger partial charge on any atom is -0.339 e. The lowest BCUT2D eigenvalue weighted by Crippen LogP contribution is -2.57. The monoisotopic (exact) mass is 351 g/mol. The van der Waals surface area contributed by atoms with Crippen molar-refractivity contribution in [2.45, 2.75) is 25.2 Å². The molecule has 0 aliphatic carbocycles. The second-order valence-electron chi connectivity index (χ2n) is 6.50. The average molecular weight is 352 g/mol. The predicted octanol–water partition coefficient (Wildman–Crippen LogP) is 1.42. The minimum absolute atomic E-state index is 0. The van der Waals surface area contributed by atoms with Crippen LogP contribution < -0.4 is 5.32 Å². The topological polar surface area (TPSA) is 52.7 Å². The zero-order valence-corrected chi connectivity index (χ0v) is 15.0. The number of rotatable bonds is 2. The van der Waals surface area contributed by atoms with E-state index < -0.39 is 5.41 Å². The largest absolute Gasteiger partial charge is 0.339 e. The van der Waals surface area contributed by atoms with Gasteiger partial charge in [0.2, 0.25) is 11.8 Å². The highest BCUT2D eigenvalue weighted by Crippen LogP contribution is 2.35. The van der Waals surface area contributed by atoms with E-state index >= 15 is 0 Å². The molecule has 2 aliphatic heterocycles. The van der Waals surface area contributed by atoms with Gasteiger partial charge in [0.15, 0.2) is 0 Å². The number of hydrogen-bond acceptors (Lipinski definition) is 3. The molecule has 5 nitrogen and oxygen atoms in total. The molecule has 0 radical (unpaired) electrons. The van der Waals surface area contributed by atoms with Crippen molar-refractivity contribution in [1.29, 1.82) is 0 Å². The number of amides is 2. The van der Waals surface area contributed by atoms with Gasteiger partial charge in [-0.2, -0.15) is 0 Å². The first-order valence-electron chi connectivity index (χ1n) is 8.45. The lowest BCUT2D eigenvalue weighted by atomic mass is 9.72. The molecule has 1 aromatic rings. The average Bonchev–Trinajstić information content (AvgIpc) is 2.62. The maximum atomic E-state index is 13.3. The van der Waals surface area contributed by atoms with E-state index in [4.69, 9.17) is 0 Å². The smallest absolute Gasteiger partial charge is 0.233 e. The van der Waals surface area contributed by atoms with Crippen molar-refractivity contribution in [2.24, 2.45) is 0 Å². The number of hydrogen-bond donors (Lipinski definition) is 1. The summed E-state index contributed by atoms with van der Waals surface area (Å²) in [6.07, 6.45) is 1.67. The molecule has 0 aromatic heterocycles. The first-order valence-corrected chi connectivity index (χ1v) is 8.45. The van der Waals surface area contributed by atoms with E-state index in [9.17, 15) is 9.59 Å². The van der Waals surface area contributed by atoms with Gasteiger partial charge in [-0.05, 0) is 31.5 Å². The first kappa shape index (κ1) is 18.7. The van der Waals surface area contributed by atoms with Crippen molar-refractivity contribution in [3.63, 3.8) is 0 Å². The summed E-state index contributed by atoms with van der Waals surface area (Å²) in [5, 5.41) is 3.37. The zero-order chi connectivity index (χ0) is 16.3. The van der Waals surface area contributed by atoms with E-state index in [2.05, 4.69) is 17.4 Å². The fourth-order valence-corrected chi connectivity index (χ4v) is 3.76. The third-order valence-corrected chi connectivity index (χ3v) is 5.21. The molecular formula is C18H26ClN3O2. The van der Waals surface area contributed by atoms with E-state index in [0.29, 0.717) is 26.2 Å². The third kappa shape index (κ3) is 3.57. The molecule has 0 unspecified atom stereocenters. The number of piperidine rings is 1. The van der Waals surface area contributed by atoms with Crippen LogP contribution in [-0.2, 0) is 15.0 Å².